The number of hydrogen-bond donors (Lipinski definition) is 2. The third-order valence-electron chi connectivity index (χ3n) is 5.76. The van der Waals surface area contributed by atoms with Gasteiger partial charge in [0.15, 0.2) is 0 Å². The molecule has 2 aromatic rings. The molecule has 0 atom stereocenters. The van der Waals surface area contributed by atoms with E-state index >= 15 is 0 Å². The lowest BCUT2D eigenvalue weighted by atomic mass is 9.92. The lowest BCUT2D eigenvalue weighted by Gasteiger charge is -2.31. The van der Waals surface area contributed by atoms with Crippen LogP contribution in [0, 0.1) is 0 Å². The summed E-state index contributed by atoms with van der Waals surface area (Å²) in [5, 5.41) is 6.05. The molecular formula is C27H37N3O4. The number of morpholine rings is 1. The van der Waals surface area contributed by atoms with Crippen molar-refractivity contribution in [3.8, 4) is 11.5 Å². The standard InChI is InChI=1S/C27H37N3O4/c1-7-33-24-18-23(30-12-14-32-15-13-30)25(34-8-2)17-22(24)28-26(31)29-27(5,6)21-11-9-10-20(16-21)19(3)4/h9-11,16-18H,3,7-8,12-15H2,1-2,4-6H3,(H2,28,29,31). The minimum Gasteiger partial charge on any atom is -0.492 e. The highest BCUT2D eigenvalue weighted by molar-refractivity contribution is 5.92. The van der Waals surface area contributed by atoms with Gasteiger partial charge in [-0.25, -0.2) is 4.79 Å². The molecule has 184 valence electrons. The first-order valence-corrected chi connectivity index (χ1v) is 11.9. The summed E-state index contributed by atoms with van der Waals surface area (Å²) in [6, 6.07) is 11.5. The number of nitrogens with zero attached hydrogens (tertiary/aromatic N) is 1. The molecule has 1 aliphatic heterocycles. The van der Waals surface area contributed by atoms with E-state index in [0.717, 1.165) is 35.5 Å². The Labute approximate surface area is 203 Å². The number of carbonyl (C=O) groups is 1. The summed E-state index contributed by atoms with van der Waals surface area (Å²) in [7, 11) is 0. The van der Waals surface area contributed by atoms with Gasteiger partial charge in [0.2, 0.25) is 0 Å². The molecule has 2 amide bonds. The number of rotatable bonds is 9. The van der Waals surface area contributed by atoms with Gasteiger partial charge in [0.1, 0.15) is 11.5 Å². The lowest BCUT2D eigenvalue weighted by molar-refractivity contribution is 0.122. The van der Waals surface area contributed by atoms with Gasteiger partial charge in [0, 0.05) is 25.2 Å². The van der Waals surface area contributed by atoms with E-state index in [1.165, 1.54) is 0 Å². The Hall–Kier alpha value is -3.19. The Balaban J connectivity index is 1.85. The van der Waals surface area contributed by atoms with E-state index in [1.54, 1.807) is 0 Å². The van der Waals surface area contributed by atoms with Crippen LogP contribution in [0.15, 0.2) is 43.0 Å². The van der Waals surface area contributed by atoms with E-state index in [0.29, 0.717) is 43.6 Å². The Morgan fingerprint density at radius 3 is 2.41 bits per heavy atom. The van der Waals surface area contributed by atoms with Crippen LogP contribution < -0.4 is 25.0 Å². The van der Waals surface area contributed by atoms with Crippen LogP contribution in [0.3, 0.4) is 0 Å². The van der Waals surface area contributed by atoms with Gasteiger partial charge in [-0.05, 0) is 51.8 Å². The van der Waals surface area contributed by atoms with Crippen molar-refractivity contribution in [2.45, 2.75) is 40.2 Å². The van der Waals surface area contributed by atoms with Gasteiger partial charge < -0.3 is 29.7 Å². The molecular weight excluding hydrogens is 430 g/mol. The number of amides is 2. The molecule has 3 rings (SSSR count). The molecule has 0 saturated carbocycles. The minimum atomic E-state index is -0.599. The summed E-state index contributed by atoms with van der Waals surface area (Å²) in [6.45, 7) is 17.7. The number of hydrogen-bond acceptors (Lipinski definition) is 5. The molecule has 7 heteroatoms. The van der Waals surface area contributed by atoms with Crippen molar-refractivity contribution in [3.05, 3.63) is 54.1 Å². The number of ether oxygens (including phenoxy) is 3. The van der Waals surface area contributed by atoms with Gasteiger partial charge >= 0.3 is 6.03 Å². The molecule has 2 N–H and O–H groups in total. The molecule has 1 aliphatic rings. The topological polar surface area (TPSA) is 72.1 Å². The average molecular weight is 468 g/mol. The van der Waals surface area contributed by atoms with Crippen molar-refractivity contribution < 1.29 is 19.0 Å². The zero-order valence-electron chi connectivity index (χ0n) is 21.0. The summed E-state index contributed by atoms with van der Waals surface area (Å²) in [5.74, 6) is 1.31. The van der Waals surface area contributed by atoms with Gasteiger partial charge in [-0.2, -0.15) is 0 Å². The third-order valence-corrected chi connectivity index (χ3v) is 5.76. The first kappa shape index (κ1) is 25.4. The maximum atomic E-state index is 13.1. The zero-order chi connectivity index (χ0) is 24.7. The number of nitrogens with one attached hydrogen (secondary N) is 2. The van der Waals surface area contributed by atoms with Crippen LogP contribution in [0.4, 0.5) is 16.2 Å². The van der Waals surface area contributed by atoms with Crippen LogP contribution in [0.5, 0.6) is 11.5 Å². The quantitative estimate of drug-likeness (QED) is 0.516. The summed E-state index contributed by atoms with van der Waals surface area (Å²) >= 11 is 0. The maximum Gasteiger partial charge on any atom is 0.320 e. The summed E-state index contributed by atoms with van der Waals surface area (Å²) < 4.78 is 17.3. The largest absolute Gasteiger partial charge is 0.492 e. The smallest absolute Gasteiger partial charge is 0.320 e. The summed E-state index contributed by atoms with van der Waals surface area (Å²) in [4.78, 5) is 15.3. The summed E-state index contributed by atoms with van der Waals surface area (Å²) in [5.41, 5.74) is 3.92. The fourth-order valence-corrected chi connectivity index (χ4v) is 3.93. The van der Waals surface area contributed by atoms with Crippen molar-refractivity contribution in [3.63, 3.8) is 0 Å². The number of benzene rings is 2. The first-order chi connectivity index (χ1) is 16.2. The Kier molecular flexibility index (Phi) is 8.45. The van der Waals surface area contributed by atoms with Gasteiger partial charge in [0.25, 0.3) is 0 Å². The van der Waals surface area contributed by atoms with Crippen LogP contribution in [-0.2, 0) is 10.3 Å². The summed E-state index contributed by atoms with van der Waals surface area (Å²) in [6.07, 6.45) is 0. The highest BCUT2D eigenvalue weighted by atomic mass is 16.5. The molecule has 1 fully saturated rings. The maximum absolute atomic E-state index is 13.1. The highest BCUT2D eigenvalue weighted by Crippen LogP contribution is 2.39. The molecule has 0 aliphatic carbocycles. The minimum absolute atomic E-state index is 0.326. The lowest BCUT2D eigenvalue weighted by Crippen LogP contribution is -2.43. The fraction of sp³-hybridized carbons (Fsp3) is 0.444. The molecule has 34 heavy (non-hydrogen) atoms. The predicted molar refractivity (Wildman–Crippen MR) is 138 cm³/mol. The Morgan fingerprint density at radius 2 is 1.76 bits per heavy atom. The van der Waals surface area contributed by atoms with E-state index < -0.39 is 5.54 Å². The van der Waals surface area contributed by atoms with Crippen LogP contribution in [0.2, 0.25) is 0 Å². The number of carbonyl (C=O) groups excluding carboxylic acids is 1. The molecule has 0 spiro atoms. The highest BCUT2D eigenvalue weighted by Gasteiger charge is 2.25. The number of anilines is 2. The van der Waals surface area contributed by atoms with Gasteiger partial charge in [0.05, 0.1) is 43.3 Å². The molecule has 0 bridgehead atoms. The van der Waals surface area contributed by atoms with E-state index in [-0.39, 0.29) is 6.03 Å². The second kappa shape index (κ2) is 11.3. The van der Waals surface area contributed by atoms with Crippen molar-refractivity contribution in [2.75, 3.05) is 49.7 Å². The van der Waals surface area contributed by atoms with Crippen molar-refractivity contribution >= 4 is 23.0 Å². The van der Waals surface area contributed by atoms with E-state index in [9.17, 15) is 4.79 Å². The first-order valence-electron chi connectivity index (χ1n) is 11.9. The molecule has 0 radical (unpaired) electrons. The number of allylic oxidation sites excluding steroid dienone is 1. The zero-order valence-corrected chi connectivity index (χ0v) is 21.0. The predicted octanol–water partition coefficient (Wildman–Crippen LogP) is 5.41. The van der Waals surface area contributed by atoms with E-state index in [2.05, 4.69) is 28.2 Å². The van der Waals surface area contributed by atoms with Crippen molar-refractivity contribution in [1.82, 2.24) is 5.32 Å². The second-order valence-corrected chi connectivity index (χ2v) is 8.85. The number of urea groups is 1. The molecule has 7 nitrogen and oxygen atoms in total. The van der Waals surface area contributed by atoms with Gasteiger partial charge in [-0.3, -0.25) is 0 Å². The van der Waals surface area contributed by atoms with E-state index in [4.69, 9.17) is 14.2 Å². The van der Waals surface area contributed by atoms with Crippen molar-refractivity contribution in [2.24, 2.45) is 0 Å². The normalized spacial score (nSPS) is 13.9. The molecule has 0 aromatic heterocycles. The van der Waals surface area contributed by atoms with Crippen LogP contribution in [-0.4, -0.2) is 45.5 Å². The molecule has 1 heterocycles. The van der Waals surface area contributed by atoms with Crippen LogP contribution in [0.25, 0.3) is 5.57 Å². The van der Waals surface area contributed by atoms with Gasteiger partial charge in [-0.15, -0.1) is 0 Å². The molecule has 0 unspecified atom stereocenters. The monoisotopic (exact) mass is 467 g/mol. The average Bonchev–Trinajstić information content (AvgIpc) is 2.81. The second-order valence-electron chi connectivity index (χ2n) is 8.85. The van der Waals surface area contributed by atoms with Crippen LogP contribution >= 0.6 is 0 Å². The third kappa shape index (κ3) is 6.23. The molecule has 2 aromatic carbocycles. The SMILES string of the molecule is C=C(C)c1cccc(C(C)(C)NC(=O)Nc2cc(OCC)c(N3CCOCC3)cc2OCC)c1. The Bertz CT molecular complexity index is 1010. The van der Waals surface area contributed by atoms with E-state index in [1.807, 2.05) is 65.0 Å². The molecule has 1 saturated heterocycles. The Morgan fingerprint density at radius 1 is 1.09 bits per heavy atom. The van der Waals surface area contributed by atoms with Crippen LogP contribution in [0.1, 0.15) is 45.7 Å². The van der Waals surface area contributed by atoms with Crippen molar-refractivity contribution in [1.29, 1.82) is 0 Å². The fourth-order valence-electron chi connectivity index (χ4n) is 3.93. The van der Waals surface area contributed by atoms with Gasteiger partial charge in [-0.1, -0.05) is 30.4 Å².